The van der Waals surface area contributed by atoms with Crippen molar-refractivity contribution >= 4 is 45.3 Å². The van der Waals surface area contributed by atoms with E-state index in [0.717, 1.165) is 50.5 Å². The van der Waals surface area contributed by atoms with Gasteiger partial charge < -0.3 is 4.98 Å². The molecule has 0 atom stereocenters. The van der Waals surface area contributed by atoms with Crippen molar-refractivity contribution in [2.75, 3.05) is 0 Å². The Bertz CT molecular complexity index is 1270. The molecule has 0 spiro atoms. The summed E-state index contributed by atoms with van der Waals surface area (Å²) in [6, 6.07) is 7.91. The van der Waals surface area contributed by atoms with Gasteiger partial charge in [-0.3, -0.25) is 14.9 Å². The van der Waals surface area contributed by atoms with Crippen LogP contribution in [0, 0.1) is 0 Å². The maximum absolute atomic E-state index is 12.6. The molecule has 25 heavy (non-hydrogen) atoms. The van der Waals surface area contributed by atoms with Crippen LogP contribution in [0.2, 0.25) is 0 Å². The topological polar surface area (TPSA) is 62.0 Å². The number of nitrogens with one attached hydrogen (secondary N) is 2. The summed E-state index contributed by atoms with van der Waals surface area (Å²) in [5.41, 5.74) is 6.96. The number of carbonyl (C=O) groups excluding carboxylic acids is 2. The van der Waals surface area contributed by atoms with Gasteiger partial charge in [-0.25, -0.2) is 0 Å². The highest BCUT2D eigenvalue weighted by Crippen LogP contribution is 2.47. The molecule has 2 N–H and O–H groups in total. The second-order valence-corrected chi connectivity index (χ2v) is 6.60. The summed E-state index contributed by atoms with van der Waals surface area (Å²) in [5.74, 6) is -0.605. The maximum Gasteiger partial charge on any atom is 0.259 e. The first-order valence-electron chi connectivity index (χ1n) is 8.29. The molecule has 3 aromatic rings. The molecule has 6 rings (SSSR count). The Labute approximate surface area is 142 Å². The van der Waals surface area contributed by atoms with Crippen molar-refractivity contribution in [1.29, 1.82) is 0 Å². The van der Waals surface area contributed by atoms with E-state index >= 15 is 0 Å². The number of carbonyl (C=O) groups is 2. The molecule has 0 bridgehead atoms. The molecule has 1 aromatic heterocycles. The standard InChI is InChI=1S/C21H12N2O2/c24-20-17-15-11-6-2-1-5-10(11)9-13(15)19-16(18(17)21(25)23-20)12-7-3-4-8-14(12)22-19/h1,3-9,22H,2H2,(H,23,24,25). The Kier molecular flexibility index (Phi) is 2.16. The van der Waals surface area contributed by atoms with Crippen LogP contribution in [-0.2, 0) is 0 Å². The number of aromatic nitrogens is 1. The zero-order valence-corrected chi connectivity index (χ0v) is 13.1. The Morgan fingerprint density at radius 2 is 1.80 bits per heavy atom. The number of hydrogen-bond acceptors (Lipinski definition) is 2. The fraction of sp³-hybridized carbons (Fsp3) is 0.0476. The third-order valence-electron chi connectivity index (χ3n) is 5.31. The van der Waals surface area contributed by atoms with Crippen LogP contribution in [0.5, 0.6) is 0 Å². The molecule has 0 saturated heterocycles. The second-order valence-electron chi connectivity index (χ2n) is 6.60. The van der Waals surface area contributed by atoms with E-state index in [0.29, 0.717) is 11.1 Å². The summed E-state index contributed by atoms with van der Waals surface area (Å²) >= 11 is 0. The molecule has 2 aromatic carbocycles. The minimum atomic E-state index is -0.307. The van der Waals surface area contributed by atoms with Gasteiger partial charge in [-0.05, 0) is 29.7 Å². The molecule has 4 nitrogen and oxygen atoms in total. The minimum absolute atomic E-state index is 0.298. The molecule has 4 heteroatoms. The van der Waals surface area contributed by atoms with Crippen molar-refractivity contribution in [3.8, 4) is 0 Å². The van der Waals surface area contributed by atoms with Crippen molar-refractivity contribution in [2.45, 2.75) is 6.42 Å². The highest BCUT2D eigenvalue weighted by Gasteiger charge is 2.38. The molecular formula is C21H12N2O2. The molecule has 0 fully saturated rings. The van der Waals surface area contributed by atoms with Crippen molar-refractivity contribution < 1.29 is 9.59 Å². The van der Waals surface area contributed by atoms with Gasteiger partial charge in [0.25, 0.3) is 11.8 Å². The van der Waals surface area contributed by atoms with Gasteiger partial charge in [0, 0.05) is 27.4 Å². The van der Waals surface area contributed by atoms with Crippen LogP contribution in [0.3, 0.4) is 0 Å². The fourth-order valence-electron chi connectivity index (χ4n) is 4.34. The lowest BCUT2D eigenvalue weighted by atomic mass is 9.89. The first-order chi connectivity index (χ1) is 12.2. The van der Waals surface area contributed by atoms with E-state index in [9.17, 15) is 9.59 Å². The minimum Gasteiger partial charge on any atom is -0.354 e. The fourth-order valence-corrected chi connectivity index (χ4v) is 4.34. The summed E-state index contributed by atoms with van der Waals surface area (Å²) < 4.78 is 0. The predicted octanol–water partition coefficient (Wildman–Crippen LogP) is 3.95. The van der Waals surface area contributed by atoms with Crippen LogP contribution in [0.4, 0.5) is 0 Å². The summed E-state index contributed by atoms with van der Waals surface area (Å²) in [6.07, 6.45) is 9.27. The van der Waals surface area contributed by atoms with Crippen LogP contribution in [0.1, 0.15) is 38.3 Å². The number of benzene rings is 2. The van der Waals surface area contributed by atoms with E-state index in [4.69, 9.17) is 0 Å². The number of rotatable bonds is 0. The second kappa shape index (κ2) is 4.16. The van der Waals surface area contributed by atoms with E-state index in [2.05, 4.69) is 34.6 Å². The SMILES string of the molecule is O=C1NC(=O)c2c1c1c(c3[nH]c4ccccc4c23)C=C2C=CCC=C21. The molecule has 0 saturated carbocycles. The Balaban J connectivity index is 1.91. The van der Waals surface area contributed by atoms with Crippen molar-refractivity contribution in [1.82, 2.24) is 10.3 Å². The van der Waals surface area contributed by atoms with E-state index in [1.807, 2.05) is 24.3 Å². The maximum atomic E-state index is 12.6. The van der Waals surface area contributed by atoms with Gasteiger partial charge in [0.1, 0.15) is 0 Å². The average molecular weight is 324 g/mol. The third-order valence-corrected chi connectivity index (χ3v) is 5.31. The Morgan fingerprint density at radius 3 is 2.72 bits per heavy atom. The largest absolute Gasteiger partial charge is 0.354 e. The number of hydrogen-bond donors (Lipinski definition) is 2. The number of H-pyrrole nitrogens is 1. The van der Waals surface area contributed by atoms with Crippen molar-refractivity contribution in [2.24, 2.45) is 0 Å². The first kappa shape index (κ1) is 13.0. The summed E-state index contributed by atoms with van der Waals surface area (Å²) in [5, 5.41) is 4.31. The highest BCUT2D eigenvalue weighted by atomic mass is 16.2. The number of fused-ring (bicyclic) bond motifs is 10. The van der Waals surface area contributed by atoms with Crippen LogP contribution >= 0.6 is 0 Å². The van der Waals surface area contributed by atoms with Crippen LogP contribution in [0.15, 0.2) is 48.1 Å². The lowest BCUT2D eigenvalue weighted by molar-refractivity contribution is 0.0880. The summed E-state index contributed by atoms with van der Waals surface area (Å²) in [4.78, 5) is 28.7. The smallest absolute Gasteiger partial charge is 0.259 e. The molecular weight excluding hydrogens is 312 g/mol. The lowest BCUT2D eigenvalue weighted by Crippen LogP contribution is -2.20. The molecule has 1 aliphatic heterocycles. The van der Waals surface area contributed by atoms with Gasteiger partial charge >= 0.3 is 0 Å². The third kappa shape index (κ3) is 1.43. The zero-order chi connectivity index (χ0) is 16.7. The molecule has 0 radical (unpaired) electrons. The first-order valence-corrected chi connectivity index (χ1v) is 8.29. The van der Waals surface area contributed by atoms with E-state index in [1.54, 1.807) is 0 Å². The molecule has 2 heterocycles. The highest BCUT2D eigenvalue weighted by molar-refractivity contribution is 6.33. The quantitative estimate of drug-likeness (QED) is 0.615. The van der Waals surface area contributed by atoms with E-state index in [1.165, 1.54) is 0 Å². The summed E-state index contributed by atoms with van der Waals surface area (Å²) in [7, 11) is 0. The molecule has 0 unspecified atom stereocenters. The van der Waals surface area contributed by atoms with Crippen molar-refractivity contribution in [3.63, 3.8) is 0 Å². The molecule has 2 aliphatic carbocycles. The van der Waals surface area contributed by atoms with Gasteiger partial charge in [0.15, 0.2) is 0 Å². The number of para-hydroxylation sites is 1. The number of imide groups is 1. The molecule has 118 valence electrons. The Hall–Kier alpha value is -3.40. The van der Waals surface area contributed by atoms with Gasteiger partial charge in [0.05, 0.1) is 16.6 Å². The number of allylic oxidation sites excluding steroid dienone is 5. The van der Waals surface area contributed by atoms with Crippen LogP contribution in [0.25, 0.3) is 33.5 Å². The molecule has 2 amide bonds. The van der Waals surface area contributed by atoms with Crippen LogP contribution in [-0.4, -0.2) is 16.8 Å². The van der Waals surface area contributed by atoms with Crippen molar-refractivity contribution in [3.05, 3.63) is 70.3 Å². The van der Waals surface area contributed by atoms with Gasteiger partial charge in [-0.15, -0.1) is 0 Å². The van der Waals surface area contributed by atoms with Gasteiger partial charge in [-0.2, -0.15) is 0 Å². The number of amides is 2. The van der Waals surface area contributed by atoms with Gasteiger partial charge in [0.2, 0.25) is 0 Å². The molecule has 3 aliphatic rings. The Morgan fingerprint density at radius 1 is 0.960 bits per heavy atom. The van der Waals surface area contributed by atoms with Gasteiger partial charge in [-0.1, -0.05) is 36.4 Å². The predicted molar refractivity (Wildman–Crippen MR) is 97.3 cm³/mol. The average Bonchev–Trinajstić information content (AvgIpc) is 3.26. The lowest BCUT2D eigenvalue weighted by Gasteiger charge is -2.12. The number of aromatic amines is 1. The summed E-state index contributed by atoms with van der Waals surface area (Å²) in [6.45, 7) is 0. The van der Waals surface area contributed by atoms with E-state index < -0.39 is 0 Å². The zero-order valence-electron chi connectivity index (χ0n) is 13.1. The monoisotopic (exact) mass is 324 g/mol. The normalized spacial score (nSPS) is 17.4. The van der Waals surface area contributed by atoms with E-state index in [-0.39, 0.29) is 11.8 Å². The van der Waals surface area contributed by atoms with Crippen LogP contribution < -0.4 is 5.32 Å².